The maximum Gasteiger partial charge on any atom is 0.272 e. The molecule has 3 aliphatic rings. The van der Waals surface area contributed by atoms with Gasteiger partial charge < -0.3 is 25.4 Å². The highest BCUT2D eigenvalue weighted by molar-refractivity contribution is 5.98. The van der Waals surface area contributed by atoms with Gasteiger partial charge in [-0.05, 0) is 49.7 Å². The second-order valence-corrected chi connectivity index (χ2v) is 13.9. The number of ether oxygens (including phenoxy) is 2. The minimum atomic E-state index is -0.362. The lowest BCUT2D eigenvalue weighted by Crippen LogP contribution is -2.48. The highest BCUT2D eigenvalue weighted by Crippen LogP contribution is 2.25. The van der Waals surface area contributed by atoms with Crippen molar-refractivity contribution in [1.29, 1.82) is 0 Å². The number of amides is 3. The van der Waals surface area contributed by atoms with E-state index in [0.717, 1.165) is 88.2 Å². The lowest BCUT2D eigenvalue weighted by molar-refractivity contribution is -0.124. The van der Waals surface area contributed by atoms with Crippen molar-refractivity contribution in [3.63, 3.8) is 0 Å². The van der Waals surface area contributed by atoms with Crippen molar-refractivity contribution in [3.05, 3.63) is 89.2 Å². The van der Waals surface area contributed by atoms with E-state index in [1.807, 2.05) is 60.7 Å². The molecule has 10 heteroatoms. The molecule has 49 heavy (non-hydrogen) atoms. The van der Waals surface area contributed by atoms with Gasteiger partial charge in [0.15, 0.2) is 5.69 Å². The summed E-state index contributed by atoms with van der Waals surface area (Å²) < 4.78 is 14.0. The van der Waals surface area contributed by atoms with Crippen molar-refractivity contribution >= 4 is 17.7 Å². The third-order valence-corrected chi connectivity index (χ3v) is 10.2. The summed E-state index contributed by atoms with van der Waals surface area (Å²) in [6.45, 7) is 0.775. The second kappa shape index (κ2) is 17.6. The predicted molar refractivity (Wildman–Crippen MR) is 187 cm³/mol. The van der Waals surface area contributed by atoms with Crippen molar-refractivity contribution in [2.45, 2.75) is 134 Å². The van der Waals surface area contributed by atoms with Crippen LogP contribution in [0.3, 0.4) is 0 Å². The van der Waals surface area contributed by atoms with E-state index in [1.165, 1.54) is 17.2 Å². The predicted octanol–water partition coefficient (Wildman–Crippen LogP) is 5.85. The monoisotopic (exact) mass is 669 g/mol. The van der Waals surface area contributed by atoms with E-state index >= 15 is 0 Å². The van der Waals surface area contributed by atoms with Gasteiger partial charge in [0, 0.05) is 12.1 Å². The van der Waals surface area contributed by atoms with Gasteiger partial charge in [0.1, 0.15) is 12.2 Å². The maximum absolute atomic E-state index is 13.9. The summed E-state index contributed by atoms with van der Waals surface area (Å²) in [6, 6.07) is 21.3. The number of hydrogen-bond acceptors (Lipinski definition) is 6. The molecule has 3 aromatic rings. The summed E-state index contributed by atoms with van der Waals surface area (Å²) in [5, 5.41) is 14.0. The molecule has 3 N–H and O–H groups in total. The normalized spacial score (nSPS) is 23.0. The molecule has 0 bridgehead atoms. The minimum absolute atomic E-state index is 0.0934. The van der Waals surface area contributed by atoms with Gasteiger partial charge in [0.05, 0.1) is 37.5 Å². The Kier molecular flexibility index (Phi) is 12.5. The first-order valence-corrected chi connectivity index (χ1v) is 18.3. The molecule has 2 aromatic carbocycles. The third-order valence-electron chi connectivity index (χ3n) is 10.2. The van der Waals surface area contributed by atoms with E-state index in [-0.39, 0.29) is 66.0 Å². The van der Waals surface area contributed by atoms with Crippen molar-refractivity contribution in [1.82, 2.24) is 25.7 Å². The number of hydrogen-bond donors (Lipinski definition) is 3. The molecule has 1 aromatic heterocycles. The average Bonchev–Trinajstić information content (AvgIpc) is 3.56. The van der Waals surface area contributed by atoms with E-state index < -0.39 is 0 Å². The first-order valence-electron chi connectivity index (χ1n) is 18.3. The second-order valence-electron chi connectivity index (χ2n) is 13.9. The van der Waals surface area contributed by atoms with E-state index in [2.05, 4.69) is 21.0 Å². The molecule has 4 atom stereocenters. The fourth-order valence-electron chi connectivity index (χ4n) is 7.45. The molecule has 0 saturated heterocycles. The molecule has 0 unspecified atom stereocenters. The van der Waals surface area contributed by atoms with Crippen molar-refractivity contribution in [2.75, 3.05) is 0 Å². The summed E-state index contributed by atoms with van der Waals surface area (Å²) in [6.07, 6.45) is 12.4. The number of nitrogens with one attached hydrogen (secondary N) is 3. The zero-order valence-electron chi connectivity index (χ0n) is 28.5. The quantitative estimate of drug-likeness (QED) is 0.210. The molecule has 0 aliphatic heterocycles. The summed E-state index contributed by atoms with van der Waals surface area (Å²) in [5.41, 5.74) is 2.51. The van der Waals surface area contributed by atoms with Gasteiger partial charge in [-0.1, -0.05) is 106 Å². The van der Waals surface area contributed by atoms with Crippen LogP contribution >= 0.6 is 0 Å². The lowest BCUT2D eigenvalue weighted by Gasteiger charge is -2.32. The summed E-state index contributed by atoms with van der Waals surface area (Å²) >= 11 is 0. The van der Waals surface area contributed by atoms with Crippen LogP contribution in [0.1, 0.15) is 116 Å². The Labute approximate surface area is 289 Å². The molecule has 10 nitrogen and oxygen atoms in total. The minimum Gasteiger partial charge on any atom is -0.371 e. The largest absolute Gasteiger partial charge is 0.371 e. The fourth-order valence-corrected chi connectivity index (χ4v) is 7.45. The van der Waals surface area contributed by atoms with Crippen molar-refractivity contribution < 1.29 is 23.9 Å². The number of carbonyl (C=O) groups excluding carboxylic acids is 3. The van der Waals surface area contributed by atoms with Crippen LogP contribution in [-0.2, 0) is 34.0 Å². The first kappa shape index (κ1) is 34.8. The van der Waals surface area contributed by atoms with Gasteiger partial charge in [0.25, 0.3) is 11.8 Å². The third kappa shape index (κ3) is 10.0. The van der Waals surface area contributed by atoms with Crippen LogP contribution in [0.4, 0.5) is 0 Å². The van der Waals surface area contributed by atoms with Crippen molar-refractivity contribution in [3.8, 4) is 0 Å². The van der Waals surface area contributed by atoms with Gasteiger partial charge in [-0.3, -0.25) is 14.4 Å². The highest BCUT2D eigenvalue weighted by Gasteiger charge is 2.31. The zero-order valence-corrected chi connectivity index (χ0v) is 28.5. The number of benzene rings is 2. The van der Waals surface area contributed by atoms with Gasteiger partial charge in [0.2, 0.25) is 5.91 Å². The number of aromatic nitrogens is 2. The van der Waals surface area contributed by atoms with Crippen LogP contribution in [0.15, 0.2) is 66.7 Å². The SMILES string of the molecule is O=C(Cn1nc(C(=O)NC2CCCCC2)cc1C(=O)N[C@H]1CCCC[C@@H]1OCc1ccccc1)N[C@H]1CCCC[C@@H]1OCc1ccccc1. The molecular formula is C39H51N5O5. The molecule has 3 fully saturated rings. The molecule has 3 saturated carbocycles. The smallest absolute Gasteiger partial charge is 0.272 e. The van der Waals surface area contributed by atoms with E-state index in [9.17, 15) is 14.4 Å². The van der Waals surface area contributed by atoms with Gasteiger partial charge in [-0.2, -0.15) is 5.10 Å². The van der Waals surface area contributed by atoms with E-state index in [1.54, 1.807) is 0 Å². The first-order chi connectivity index (χ1) is 24.0. The van der Waals surface area contributed by atoms with Gasteiger partial charge >= 0.3 is 0 Å². The standard InChI is InChI=1S/C39H51N5O5/c45-37(41-31-20-10-12-22-35(31)48-26-28-14-4-1-5-15-28)25-44-34(24-33(43-44)38(46)40-30-18-8-3-9-19-30)39(47)42-32-21-11-13-23-36(32)49-27-29-16-6-2-7-17-29/h1-2,4-7,14-17,24,30-32,35-36H,3,8-13,18-23,25-27H2,(H,40,46)(H,41,45)(H,42,47)/t31-,32-,35-,36-/m0/s1. The molecule has 3 aliphatic carbocycles. The highest BCUT2D eigenvalue weighted by atomic mass is 16.5. The molecule has 3 amide bonds. The average molecular weight is 670 g/mol. The van der Waals surface area contributed by atoms with Crippen LogP contribution < -0.4 is 16.0 Å². The Morgan fingerprint density at radius 1 is 0.633 bits per heavy atom. The van der Waals surface area contributed by atoms with Crippen LogP contribution in [-0.4, -0.2) is 57.8 Å². The van der Waals surface area contributed by atoms with Crippen LogP contribution in [0.2, 0.25) is 0 Å². The van der Waals surface area contributed by atoms with Crippen LogP contribution in [0.5, 0.6) is 0 Å². The van der Waals surface area contributed by atoms with Crippen LogP contribution in [0.25, 0.3) is 0 Å². The van der Waals surface area contributed by atoms with Crippen LogP contribution in [0, 0.1) is 0 Å². The molecule has 0 spiro atoms. The molecule has 1 heterocycles. The molecular weight excluding hydrogens is 618 g/mol. The van der Waals surface area contributed by atoms with Gasteiger partial charge in [-0.15, -0.1) is 0 Å². The Hall–Kier alpha value is -4.02. The van der Waals surface area contributed by atoms with E-state index in [4.69, 9.17) is 9.47 Å². The fraction of sp³-hybridized carbons (Fsp3) is 0.538. The number of nitrogens with zero attached hydrogens (tertiary/aromatic N) is 2. The maximum atomic E-state index is 13.9. The summed E-state index contributed by atoms with van der Waals surface area (Å²) in [5.74, 6) is -0.944. The summed E-state index contributed by atoms with van der Waals surface area (Å²) in [4.78, 5) is 40.8. The topological polar surface area (TPSA) is 124 Å². The Bertz CT molecular complexity index is 1510. The van der Waals surface area contributed by atoms with E-state index in [0.29, 0.717) is 13.2 Å². The number of rotatable bonds is 13. The molecule has 262 valence electrons. The Balaban J connectivity index is 1.14. The lowest BCUT2D eigenvalue weighted by atomic mass is 9.92. The summed E-state index contributed by atoms with van der Waals surface area (Å²) in [7, 11) is 0. The zero-order chi connectivity index (χ0) is 33.8. The van der Waals surface area contributed by atoms with Gasteiger partial charge in [-0.25, -0.2) is 4.68 Å². The molecule has 6 rings (SSSR count). The molecule has 0 radical (unpaired) electrons. The Morgan fingerprint density at radius 3 is 1.76 bits per heavy atom. The van der Waals surface area contributed by atoms with Crippen molar-refractivity contribution in [2.24, 2.45) is 0 Å². The number of carbonyl (C=O) groups is 3. The Morgan fingerprint density at radius 2 is 1.16 bits per heavy atom.